The predicted octanol–water partition coefficient (Wildman–Crippen LogP) is 3.42. The molecule has 0 spiro atoms. The first kappa shape index (κ1) is 12.9. The highest BCUT2D eigenvalue weighted by Crippen LogP contribution is 2.22. The van der Waals surface area contributed by atoms with Gasteiger partial charge in [-0.15, -0.1) is 0 Å². The number of nitrogens with zero attached hydrogens (tertiary/aromatic N) is 1. The molecule has 1 rings (SSSR count). The van der Waals surface area contributed by atoms with Crippen molar-refractivity contribution < 1.29 is 0 Å². The van der Waals surface area contributed by atoms with Crippen molar-refractivity contribution in [2.75, 3.05) is 18.1 Å². The highest BCUT2D eigenvalue weighted by atomic mass is 32.2. The molecule has 0 saturated carbocycles. The van der Waals surface area contributed by atoms with E-state index in [2.05, 4.69) is 31.5 Å². The van der Waals surface area contributed by atoms with Gasteiger partial charge in [0.2, 0.25) is 0 Å². The van der Waals surface area contributed by atoms with Gasteiger partial charge in [0.25, 0.3) is 0 Å². The first-order valence-corrected chi connectivity index (χ1v) is 6.51. The molecule has 86 valence electrons. The summed E-state index contributed by atoms with van der Waals surface area (Å²) in [5.74, 6) is 0. The Kier molecular flexibility index (Phi) is 4.26. The molecule has 1 aromatic rings. The summed E-state index contributed by atoms with van der Waals surface area (Å²) < 4.78 is 0.224. The van der Waals surface area contributed by atoms with E-state index in [-0.39, 0.29) is 4.75 Å². The molecule has 1 N–H and O–H groups in total. The fourth-order valence-electron chi connectivity index (χ4n) is 1.29. The second-order valence-electron chi connectivity index (χ2n) is 4.46. The minimum Gasteiger partial charge on any atom is -0.384 e. The SMILES string of the molecule is CSC(C)(C)CNc1ccc(C#N)c(C)c1. The monoisotopic (exact) mass is 234 g/mol. The van der Waals surface area contributed by atoms with Crippen LogP contribution < -0.4 is 5.32 Å². The van der Waals surface area contributed by atoms with Crippen LogP contribution in [0.1, 0.15) is 25.0 Å². The fraction of sp³-hybridized carbons (Fsp3) is 0.462. The maximum Gasteiger partial charge on any atom is 0.0994 e. The van der Waals surface area contributed by atoms with Gasteiger partial charge in [-0.05, 0) is 50.8 Å². The summed E-state index contributed by atoms with van der Waals surface area (Å²) in [6, 6.07) is 8.02. The molecule has 0 aliphatic carbocycles. The van der Waals surface area contributed by atoms with Crippen molar-refractivity contribution in [1.29, 1.82) is 5.26 Å². The van der Waals surface area contributed by atoms with E-state index >= 15 is 0 Å². The minimum atomic E-state index is 0.224. The smallest absolute Gasteiger partial charge is 0.0994 e. The van der Waals surface area contributed by atoms with Gasteiger partial charge < -0.3 is 5.32 Å². The van der Waals surface area contributed by atoms with Gasteiger partial charge >= 0.3 is 0 Å². The van der Waals surface area contributed by atoms with Crippen LogP contribution in [-0.2, 0) is 0 Å². The van der Waals surface area contributed by atoms with Gasteiger partial charge in [0, 0.05) is 17.0 Å². The third-order valence-corrected chi connectivity index (χ3v) is 3.87. The Balaban J connectivity index is 2.70. The lowest BCUT2D eigenvalue weighted by atomic mass is 10.1. The van der Waals surface area contributed by atoms with Crippen molar-refractivity contribution in [3.8, 4) is 6.07 Å². The van der Waals surface area contributed by atoms with Crippen LogP contribution in [0.5, 0.6) is 0 Å². The maximum atomic E-state index is 8.83. The summed E-state index contributed by atoms with van der Waals surface area (Å²) in [5.41, 5.74) is 2.85. The Bertz CT molecular complexity index is 405. The molecule has 0 bridgehead atoms. The van der Waals surface area contributed by atoms with E-state index in [9.17, 15) is 0 Å². The molecular formula is C13H18N2S. The number of benzene rings is 1. The third kappa shape index (κ3) is 3.46. The molecule has 2 nitrogen and oxygen atoms in total. The molecule has 0 unspecified atom stereocenters. The zero-order valence-corrected chi connectivity index (χ0v) is 11.1. The molecule has 1 aromatic carbocycles. The molecule has 0 radical (unpaired) electrons. The quantitative estimate of drug-likeness (QED) is 0.867. The Morgan fingerprint density at radius 1 is 1.44 bits per heavy atom. The Labute approximate surface area is 102 Å². The second-order valence-corrected chi connectivity index (χ2v) is 5.97. The minimum absolute atomic E-state index is 0.224. The van der Waals surface area contributed by atoms with E-state index < -0.39 is 0 Å². The number of hydrogen-bond acceptors (Lipinski definition) is 3. The van der Waals surface area contributed by atoms with Crippen LogP contribution in [0, 0.1) is 18.3 Å². The molecule has 3 heteroatoms. The lowest BCUT2D eigenvalue weighted by Crippen LogP contribution is -2.25. The number of thioether (sulfide) groups is 1. The molecule has 0 saturated heterocycles. The zero-order chi connectivity index (χ0) is 12.2. The molecule has 0 heterocycles. The highest BCUT2D eigenvalue weighted by molar-refractivity contribution is 7.99. The summed E-state index contributed by atoms with van der Waals surface area (Å²) in [7, 11) is 0. The Hall–Kier alpha value is -1.14. The Morgan fingerprint density at radius 2 is 2.12 bits per heavy atom. The van der Waals surface area contributed by atoms with Crippen molar-refractivity contribution in [1.82, 2.24) is 0 Å². The van der Waals surface area contributed by atoms with Gasteiger partial charge in [-0.25, -0.2) is 0 Å². The first-order valence-electron chi connectivity index (χ1n) is 5.28. The first-order chi connectivity index (χ1) is 7.48. The van der Waals surface area contributed by atoms with Gasteiger partial charge in [0.15, 0.2) is 0 Å². The Morgan fingerprint density at radius 3 is 2.62 bits per heavy atom. The molecule has 0 aromatic heterocycles. The van der Waals surface area contributed by atoms with E-state index in [1.807, 2.05) is 36.9 Å². The molecule has 0 fully saturated rings. The van der Waals surface area contributed by atoms with Crippen LogP contribution in [0.2, 0.25) is 0 Å². The van der Waals surface area contributed by atoms with Crippen LogP contribution in [0.25, 0.3) is 0 Å². The van der Waals surface area contributed by atoms with E-state index in [0.717, 1.165) is 23.4 Å². The van der Waals surface area contributed by atoms with E-state index in [1.165, 1.54) is 0 Å². The van der Waals surface area contributed by atoms with Crippen LogP contribution in [0.15, 0.2) is 18.2 Å². The second kappa shape index (κ2) is 5.27. The van der Waals surface area contributed by atoms with E-state index in [1.54, 1.807) is 0 Å². The van der Waals surface area contributed by atoms with Crippen molar-refractivity contribution in [3.05, 3.63) is 29.3 Å². The fourth-order valence-corrected chi connectivity index (χ4v) is 1.50. The normalized spacial score (nSPS) is 10.9. The van der Waals surface area contributed by atoms with Gasteiger partial charge in [-0.1, -0.05) is 0 Å². The van der Waals surface area contributed by atoms with E-state index in [0.29, 0.717) is 0 Å². The summed E-state index contributed by atoms with van der Waals surface area (Å²) >= 11 is 1.84. The average Bonchev–Trinajstić information content (AvgIpc) is 2.27. The molecule has 0 aliphatic heterocycles. The third-order valence-electron chi connectivity index (χ3n) is 2.62. The van der Waals surface area contributed by atoms with Gasteiger partial charge in [0.1, 0.15) is 0 Å². The van der Waals surface area contributed by atoms with Crippen LogP contribution in [-0.4, -0.2) is 17.5 Å². The van der Waals surface area contributed by atoms with Crippen molar-refractivity contribution in [2.24, 2.45) is 0 Å². The average molecular weight is 234 g/mol. The molecule has 16 heavy (non-hydrogen) atoms. The van der Waals surface area contributed by atoms with Crippen molar-refractivity contribution in [2.45, 2.75) is 25.5 Å². The van der Waals surface area contributed by atoms with Gasteiger partial charge in [-0.3, -0.25) is 0 Å². The molecule has 0 atom stereocenters. The molecule has 0 aliphatic rings. The lowest BCUT2D eigenvalue weighted by Gasteiger charge is -2.23. The lowest BCUT2D eigenvalue weighted by molar-refractivity contribution is 0.752. The summed E-state index contributed by atoms with van der Waals surface area (Å²) in [5, 5.41) is 12.2. The van der Waals surface area contributed by atoms with Crippen molar-refractivity contribution in [3.63, 3.8) is 0 Å². The van der Waals surface area contributed by atoms with Crippen molar-refractivity contribution >= 4 is 17.4 Å². The largest absolute Gasteiger partial charge is 0.384 e. The number of nitrogens with one attached hydrogen (secondary N) is 1. The molecular weight excluding hydrogens is 216 g/mol. The predicted molar refractivity (Wildman–Crippen MR) is 72.0 cm³/mol. The van der Waals surface area contributed by atoms with Crippen LogP contribution >= 0.6 is 11.8 Å². The number of hydrogen-bond donors (Lipinski definition) is 1. The summed E-state index contributed by atoms with van der Waals surface area (Å²) in [6.45, 7) is 7.30. The number of anilines is 1. The number of aryl methyl sites for hydroxylation is 1. The number of nitriles is 1. The highest BCUT2D eigenvalue weighted by Gasteiger charge is 2.15. The van der Waals surface area contributed by atoms with Gasteiger partial charge in [0.05, 0.1) is 11.6 Å². The maximum absolute atomic E-state index is 8.83. The standard InChI is InChI=1S/C13H18N2S/c1-10-7-12(6-5-11(10)8-14)15-9-13(2,3)16-4/h5-7,15H,9H2,1-4H3. The van der Waals surface area contributed by atoms with E-state index in [4.69, 9.17) is 5.26 Å². The summed E-state index contributed by atoms with van der Waals surface area (Å²) in [4.78, 5) is 0. The van der Waals surface area contributed by atoms with Gasteiger partial charge in [-0.2, -0.15) is 17.0 Å². The van der Waals surface area contributed by atoms with Crippen LogP contribution in [0.3, 0.4) is 0 Å². The zero-order valence-electron chi connectivity index (χ0n) is 10.3. The molecule has 0 amide bonds. The topological polar surface area (TPSA) is 35.8 Å². The summed E-state index contributed by atoms with van der Waals surface area (Å²) in [6.07, 6.45) is 2.12. The van der Waals surface area contributed by atoms with Crippen LogP contribution in [0.4, 0.5) is 5.69 Å². The number of rotatable bonds is 4.